The predicted molar refractivity (Wildman–Crippen MR) is 52.6 cm³/mol. The molecule has 0 N–H and O–H groups in total. The van der Waals surface area contributed by atoms with Gasteiger partial charge in [0.1, 0.15) is 4.60 Å². The zero-order chi connectivity index (χ0) is 11.4. The number of nitrogens with zero attached hydrogens (tertiary/aromatic N) is 1. The number of hydrogen-bond acceptors (Lipinski definition) is 3. The van der Waals surface area contributed by atoms with Crippen LogP contribution < -0.4 is 0 Å². The highest BCUT2D eigenvalue weighted by molar-refractivity contribution is 9.10. The molecular formula is C9H8BrF2NO2. The fraction of sp³-hybridized carbons (Fsp3) is 0.333. The van der Waals surface area contributed by atoms with Gasteiger partial charge in [0.2, 0.25) is 0 Å². The van der Waals surface area contributed by atoms with Gasteiger partial charge < -0.3 is 4.74 Å². The van der Waals surface area contributed by atoms with Crippen LogP contribution in [0.3, 0.4) is 0 Å². The minimum atomic E-state index is -2.67. The maximum atomic E-state index is 12.6. The summed E-state index contributed by atoms with van der Waals surface area (Å²) in [4.78, 5) is 14.6. The summed E-state index contributed by atoms with van der Waals surface area (Å²) in [7, 11) is 1.21. The van der Waals surface area contributed by atoms with Crippen molar-refractivity contribution in [1.29, 1.82) is 0 Å². The molecule has 15 heavy (non-hydrogen) atoms. The standard InChI is InChI=1S/C9H8BrF2NO2/c1-15-6(14)4-5-2-3-13-8(10)7(5)9(11)12/h2-3,9H,4H2,1H3. The van der Waals surface area contributed by atoms with Crippen LogP contribution in [0.4, 0.5) is 8.78 Å². The Kier molecular flexibility index (Phi) is 4.14. The monoisotopic (exact) mass is 279 g/mol. The van der Waals surface area contributed by atoms with E-state index in [4.69, 9.17) is 0 Å². The number of carbonyl (C=O) groups is 1. The first kappa shape index (κ1) is 12.0. The van der Waals surface area contributed by atoms with E-state index in [1.54, 1.807) is 0 Å². The average Bonchev–Trinajstić information content (AvgIpc) is 2.17. The van der Waals surface area contributed by atoms with E-state index in [1.165, 1.54) is 19.4 Å². The Morgan fingerprint density at radius 2 is 2.33 bits per heavy atom. The largest absolute Gasteiger partial charge is 0.469 e. The third kappa shape index (κ3) is 2.95. The van der Waals surface area contributed by atoms with Gasteiger partial charge in [0.25, 0.3) is 6.43 Å². The molecule has 1 aromatic heterocycles. The fourth-order valence-electron chi connectivity index (χ4n) is 1.10. The molecule has 0 spiro atoms. The molecule has 1 heterocycles. The van der Waals surface area contributed by atoms with Gasteiger partial charge >= 0.3 is 5.97 Å². The van der Waals surface area contributed by atoms with E-state index in [-0.39, 0.29) is 22.2 Å². The normalized spacial score (nSPS) is 10.5. The van der Waals surface area contributed by atoms with Crippen LogP contribution in [0, 0.1) is 0 Å². The number of rotatable bonds is 3. The van der Waals surface area contributed by atoms with E-state index >= 15 is 0 Å². The molecular weight excluding hydrogens is 272 g/mol. The summed E-state index contributed by atoms with van der Waals surface area (Å²) in [6.07, 6.45) is -1.50. The van der Waals surface area contributed by atoms with Gasteiger partial charge in [-0.15, -0.1) is 0 Å². The van der Waals surface area contributed by atoms with Gasteiger partial charge in [-0.1, -0.05) is 0 Å². The molecule has 0 aliphatic rings. The zero-order valence-electron chi connectivity index (χ0n) is 7.84. The Bertz CT molecular complexity index is 371. The van der Waals surface area contributed by atoms with Crippen molar-refractivity contribution < 1.29 is 18.3 Å². The highest BCUT2D eigenvalue weighted by Gasteiger charge is 2.19. The number of hydrogen-bond donors (Lipinski definition) is 0. The summed E-state index contributed by atoms with van der Waals surface area (Å²) < 4.78 is 29.7. The lowest BCUT2D eigenvalue weighted by Gasteiger charge is -2.08. The van der Waals surface area contributed by atoms with Gasteiger partial charge in [0, 0.05) is 6.20 Å². The second-order valence-electron chi connectivity index (χ2n) is 2.73. The summed E-state index contributed by atoms with van der Waals surface area (Å²) in [5.41, 5.74) is -0.0402. The first-order valence-electron chi connectivity index (χ1n) is 4.04. The number of alkyl halides is 2. The molecule has 0 radical (unpaired) electrons. The first-order chi connectivity index (χ1) is 7.06. The number of pyridine rings is 1. The highest BCUT2D eigenvalue weighted by Crippen LogP contribution is 2.29. The summed E-state index contributed by atoms with van der Waals surface area (Å²) >= 11 is 2.92. The lowest BCUT2D eigenvalue weighted by molar-refractivity contribution is -0.139. The summed E-state index contributed by atoms with van der Waals surface area (Å²) in [5, 5.41) is 0. The topological polar surface area (TPSA) is 39.2 Å². The van der Waals surface area contributed by atoms with Crippen molar-refractivity contribution in [3.8, 4) is 0 Å². The molecule has 0 aromatic carbocycles. The van der Waals surface area contributed by atoms with E-state index in [2.05, 4.69) is 25.7 Å². The van der Waals surface area contributed by atoms with Crippen LogP contribution in [0.2, 0.25) is 0 Å². The zero-order valence-corrected chi connectivity index (χ0v) is 9.42. The van der Waals surface area contributed by atoms with Crippen molar-refractivity contribution >= 4 is 21.9 Å². The summed E-state index contributed by atoms with van der Waals surface area (Å²) in [6.45, 7) is 0. The second-order valence-corrected chi connectivity index (χ2v) is 3.48. The number of ether oxygens (including phenoxy) is 1. The molecule has 6 heteroatoms. The average molecular weight is 280 g/mol. The van der Waals surface area contributed by atoms with Crippen LogP contribution in [-0.4, -0.2) is 18.1 Å². The van der Waals surface area contributed by atoms with Crippen molar-refractivity contribution in [3.63, 3.8) is 0 Å². The Hall–Kier alpha value is -1.04. The molecule has 0 aliphatic heterocycles. The molecule has 1 rings (SSSR count). The molecule has 0 saturated heterocycles. The van der Waals surface area contributed by atoms with Crippen LogP contribution >= 0.6 is 15.9 Å². The molecule has 0 amide bonds. The molecule has 0 saturated carbocycles. The Morgan fingerprint density at radius 1 is 1.67 bits per heavy atom. The van der Waals surface area contributed by atoms with Crippen LogP contribution in [0.25, 0.3) is 0 Å². The highest BCUT2D eigenvalue weighted by atomic mass is 79.9. The molecule has 0 bridgehead atoms. The number of carbonyl (C=O) groups excluding carboxylic acids is 1. The predicted octanol–water partition coefficient (Wildman–Crippen LogP) is 2.50. The molecule has 0 fully saturated rings. The van der Waals surface area contributed by atoms with E-state index in [1.807, 2.05) is 0 Å². The SMILES string of the molecule is COC(=O)Cc1ccnc(Br)c1C(F)F. The van der Waals surface area contributed by atoms with Gasteiger partial charge in [-0.2, -0.15) is 0 Å². The minimum absolute atomic E-state index is 0.0545. The Balaban J connectivity index is 3.06. The van der Waals surface area contributed by atoms with Gasteiger partial charge in [-0.3, -0.25) is 4.79 Å². The lowest BCUT2D eigenvalue weighted by atomic mass is 10.1. The van der Waals surface area contributed by atoms with Crippen molar-refractivity contribution in [2.24, 2.45) is 0 Å². The van der Waals surface area contributed by atoms with E-state index < -0.39 is 12.4 Å². The first-order valence-corrected chi connectivity index (χ1v) is 4.83. The minimum Gasteiger partial charge on any atom is -0.469 e. The van der Waals surface area contributed by atoms with Crippen molar-refractivity contribution in [1.82, 2.24) is 4.98 Å². The van der Waals surface area contributed by atoms with Gasteiger partial charge in [-0.05, 0) is 27.6 Å². The Labute approximate surface area is 93.6 Å². The van der Waals surface area contributed by atoms with Crippen LogP contribution in [0.15, 0.2) is 16.9 Å². The van der Waals surface area contributed by atoms with Crippen molar-refractivity contribution in [3.05, 3.63) is 28.0 Å². The van der Waals surface area contributed by atoms with Gasteiger partial charge in [0.05, 0.1) is 19.1 Å². The molecule has 1 aromatic rings. The molecule has 82 valence electrons. The van der Waals surface area contributed by atoms with E-state index in [0.717, 1.165) is 0 Å². The Morgan fingerprint density at radius 3 is 2.87 bits per heavy atom. The van der Waals surface area contributed by atoms with Crippen molar-refractivity contribution in [2.45, 2.75) is 12.8 Å². The number of halogens is 3. The third-order valence-corrected chi connectivity index (χ3v) is 2.44. The molecule has 0 aliphatic carbocycles. The quantitative estimate of drug-likeness (QED) is 0.630. The maximum Gasteiger partial charge on any atom is 0.309 e. The number of esters is 1. The molecule has 0 unspecified atom stereocenters. The summed E-state index contributed by atoms with van der Waals surface area (Å²) in [6, 6.07) is 1.38. The van der Waals surface area contributed by atoms with Crippen LogP contribution in [0.5, 0.6) is 0 Å². The molecule has 3 nitrogen and oxygen atoms in total. The van der Waals surface area contributed by atoms with Crippen LogP contribution in [-0.2, 0) is 16.0 Å². The number of aromatic nitrogens is 1. The van der Waals surface area contributed by atoms with Gasteiger partial charge in [0.15, 0.2) is 0 Å². The lowest BCUT2D eigenvalue weighted by Crippen LogP contribution is -2.08. The van der Waals surface area contributed by atoms with Gasteiger partial charge in [-0.25, -0.2) is 13.8 Å². The number of methoxy groups -OCH3 is 1. The maximum absolute atomic E-state index is 12.6. The second kappa shape index (κ2) is 5.16. The van der Waals surface area contributed by atoms with E-state index in [0.29, 0.717) is 0 Å². The summed E-state index contributed by atoms with van der Waals surface area (Å²) in [5.74, 6) is -0.560. The van der Waals surface area contributed by atoms with Crippen LogP contribution in [0.1, 0.15) is 17.6 Å². The fourth-order valence-corrected chi connectivity index (χ4v) is 1.64. The van der Waals surface area contributed by atoms with E-state index in [9.17, 15) is 13.6 Å². The van der Waals surface area contributed by atoms with Crippen molar-refractivity contribution in [2.75, 3.05) is 7.11 Å². The third-order valence-electron chi connectivity index (χ3n) is 1.81. The smallest absolute Gasteiger partial charge is 0.309 e. The molecule has 0 atom stereocenters.